The molecule has 0 spiro atoms. The van der Waals surface area contributed by atoms with Crippen LogP contribution in [0.2, 0.25) is 0 Å². The van der Waals surface area contributed by atoms with Crippen LogP contribution < -0.4 is 0 Å². The molecule has 2 heterocycles. The molecule has 1 saturated heterocycles. The molecule has 1 N–H and O–H groups in total. The summed E-state index contributed by atoms with van der Waals surface area (Å²) in [5, 5.41) is 20.7. The van der Waals surface area contributed by atoms with E-state index in [9.17, 15) is 4.79 Å². The van der Waals surface area contributed by atoms with E-state index in [2.05, 4.69) is 22.4 Å². The van der Waals surface area contributed by atoms with Crippen LogP contribution in [0.3, 0.4) is 0 Å². The topological polar surface area (TPSA) is 90.1 Å². The smallest absolute Gasteiger partial charge is 0.308 e. The van der Waals surface area contributed by atoms with E-state index in [1.807, 2.05) is 13.8 Å². The van der Waals surface area contributed by atoms with Gasteiger partial charge in [0.15, 0.2) is 5.82 Å². The van der Waals surface area contributed by atoms with Crippen LogP contribution in [-0.4, -0.2) is 43.5 Å². The van der Waals surface area contributed by atoms with E-state index in [1.54, 1.807) is 11.6 Å². The highest BCUT2D eigenvalue weighted by atomic mass is 16.5. The SMILES string of the molecule is CC(Cn1nnnc1C1C(C)OC(C)C1C)C(=O)O. The fourth-order valence-electron chi connectivity index (χ4n) is 2.63. The first kappa shape index (κ1) is 13.9. The molecule has 0 aromatic carbocycles. The summed E-state index contributed by atoms with van der Waals surface area (Å²) < 4.78 is 7.39. The summed E-state index contributed by atoms with van der Waals surface area (Å²) >= 11 is 0. The third kappa shape index (κ3) is 2.60. The van der Waals surface area contributed by atoms with Crippen molar-refractivity contribution >= 4 is 5.97 Å². The monoisotopic (exact) mass is 268 g/mol. The van der Waals surface area contributed by atoms with Gasteiger partial charge >= 0.3 is 5.97 Å². The summed E-state index contributed by atoms with van der Waals surface area (Å²) in [6.45, 7) is 8.08. The minimum Gasteiger partial charge on any atom is -0.481 e. The van der Waals surface area contributed by atoms with E-state index in [0.717, 1.165) is 5.82 Å². The van der Waals surface area contributed by atoms with Crippen molar-refractivity contribution < 1.29 is 14.6 Å². The molecule has 106 valence electrons. The highest BCUT2D eigenvalue weighted by Gasteiger charge is 2.41. The number of aliphatic carboxylic acids is 1. The number of carboxylic acids is 1. The van der Waals surface area contributed by atoms with Crippen LogP contribution in [0, 0.1) is 11.8 Å². The third-order valence-electron chi connectivity index (χ3n) is 3.97. The van der Waals surface area contributed by atoms with Crippen molar-refractivity contribution in [1.82, 2.24) is 20.2 Å². The molecule has 5 atom stereocenters. The number of aromatic nitrogens is 4. The molecule has 7 heteroatoms. The highest BCUT2D eigenvalue weighted by Crippen LogP contribution is 2.38. The summed E-state index contributed by atoms with van der Waals surface area (Å²) in [6.07, 6.45) is 0.192. The van der Waals surface area contributed by atoms with Gasteiger partial charge in [0.25, 0.3) is 0 Å². The third-order valence-corrected chi connectivity index (χ3v) is 3.97. The Morgan fingerprint density at radius 1 is 1.42 bits per heavy atom. The number of ether oxygens (including phenoxy) is 1. The zero-order valence-corrected chi connectivity index (χ0v) is 11.6. The molecule has 19 heavy (non-hydrogen) atoms. The van der Waals surface area contributed by atoms with Crippen molar-refractivity contribution in [3.05, 3.63) is 5.82 Å². The molecule has 0 radical (unpaired) electrons. The van der Waals surface area contributed by atoms with Crippen molar-refractivity contribution in [1.29, 1.82) is 0 Å². The Labute approximate surface area is 111 Å². The Morgan fingerprint density at radius 3 is 2.63 bits per heavy atom. The predicted octanol–water partition coefficient (Wildman–Crippen LogP) is 0.921. The van der Waals surface area contributed by atoms with Gasteiger partial charge in [-0.1, -0.05) is 13.8 Å². The van der Waals surface area contributed by atoms with Crippen molar-refractivity contribution in [2.75, 3.05) is 0 Å². The maximum absolute atomic E-state index is 10.9. The van der Waals surface area contributed by atoms with E-state index < -0.39 is 11.9 Å². The second-order valence-corrected chi connectivity index (χ2v) is 5.39. The summed E-state index contributed by atoms with van der Waals surface area (Å²) in [5.74, 6) is -0.241. The van der Waals surface area contributed by atoms with Crippen LogP contribution in [0.4, 0.5) is 0 Å². The lowest BCUT2D eigenvalue weighted by Gasteiger charge is -2.18. The van der Waals surface area contributed by atoms with Gasteiger partial charge in [-0.15, -0.1) is 5.10 Å². The van der Waals surface area contributed by atoms with Crippen molar-refractivity contribution in [3.8, 4) is 0 Å². The lowest BCUT2D eigenvalue weighted by molar-refractivity contribution is -0.141. The highest BCUT2D eigenvalue weighted by molar-refractivity contribution is 5.69. The second kappa shape index (κ2) is 5.24. The summed E-state index contributed by atoms with van der Waals surface area (Å²) in [7, 11) is 0. The van der Waals surface area contributed by atoms with E-state index in [1.165, 1.54) is 0 Å². The van der Waals surface area contributed by atoms with Gasteiger partial charge in [0, 0.05) is 0 Å². The Morgan fingerprint density at radius 2 is 2.11 bits per heavy atom. The van der Waals surface area contributed by atoms with Crippen molar-refractivity contribution in [2.45, 2.75) is 52.4 Å². The number of tetrazole rings is 1. The van der Waals surface area contributed by atoms with Crippen LogP contribution in [0.1, 0.15) is 39.4 Å². The molecule has 1 aromatic rings. The molecule has 0 amide bonds. The van der Waals surface area contributed by atoms with Gasteiger partial charge in [-0.2, -0.15) is 0 Å². The molecule has 0 aliphatic carbocycles. The Bertz CT molecular complexity index is 462. The number of carbonyl (C=O) groups is 1. The van der Waals surface area contributed by atoms with Crippen LogP contribution in [0.25, 0.3) is 0 Å². The first-order chi connectivity index (χ1) is 8.91. The van der Waals surface area contributed by atoms with Gasteiger partial charge in [-0.25, -0.2) is 4.68 Å². The lowest BCUT2D eigenvalue weighted by Crippen LogP contribution is -2.24. The summed E-state index contributed by atoms with van der Waals surface area (Å²) in [4.78, 5) is 10.9. The normalized spacial score (nSPS) is 32.4. The number of rotatable bonds is 4. The Kier molecular flexibility index (Phi) is 3.84. The first-order valence-electron chi connectivity index (χ1n) is 6.56. The van der Waals surface area contributed by atoms with E-state index in [0.29, 0.717) is 5.92 Å². The minimum absolute atomic E-state index is 0.0369. The van der Waals surface area contributed by atoms with Gasteiger partial charge in [0.1, 0.15) is 0 Å². The van der Waals surface area contributed by atoms with Crippen molar-refractivity contribution in [2.24, 2.45) is 11.8 Å². The van der Waals surface area contributed by atoms with Crippen LogP contribution in [0.5, 0.6) is 0 Å². The number of nitrogens with zero attached hydrogens (tertiary/aromatic N) is 4. The van der Waals surface area contributed by atoms with Gasteiger partial charge in [-0.3, -0.25) is 4.79 Å². The standard InChI is InChI=1S/C12H20N4O3/c1-6(12(17)18)5-16-11(13-14-15-16)10-7(2)8(3)19-9(10)4/h6-10H,5H2,1-4H3,(H,17,18). The van der Waals surface area contributed by atoms with Gasteiger partial charge in [0.05, 0.1) is 30.6 Å². The Hall–Kier alpha value is -1.50. The van der Waals surface area contributed by atoms with Gasteiger partial charge in [0.2, 0.25) is 0 Å². The first-order valence-corrected chi connectivity index (χ1v) is 6.56. The van der Waals surface area contributed by atoms with E-state index >= 15 is 0 Å². The van der Waals surface area contributed by atoms with E-state index in [-0.39, 0.29) is 24.7 Å². The van der Waals surface area contributed by atoms with Gasteiger partial charge < -0.3 is 9.84 Å². The Balaban J connectivity index is 2.22. The van der Waals surface area contributed by atoms with Crippen molar-refractivity contribution in [3.63, 3.8) is 0 Å². The molecular weight excluding hydrogens is 248 g/mol. The average molecular weight is 268 g/mol. The van der Waals surface area contributed by atoms with Gasteiger partial charge in [-0.05, 0) is 30.2 Å². The maximum atomic E-state index is 10.9. The molecular formula is C12H20N4O3. The largest absolute Gasteiger partial charge is 0.481 e. The molecule has 7 nitrogen and oxygen atoms in total. The number of carboxylic acid groups (broad SMARTS) is 1. The quantitative estimate of drug-likeness (QED) is 0.873. The average Bonchev–Trinajstić information content (AvgIpc) is 2.85. The number of hydrogen-bond donors (Lipinski definition) is 1. The van der Waals surface area contributed by atoms with Crippen LogP contribution in [-0.2, 0) is 16.1 Å². The molecule has 1 aromatic heterocycles. The number of hydrogen-bond acceptors (Lipinski definition) is 5. The fourth-order valence-corrected chi connectivity index (χ4v) is 2.63. The lowest BCUT2D eigenvalue weighted by atomic mass is 9.89. The minimum atomic E-state index is -0.849. The fraction of sp³-hybridized carbons (Fsp3) is 0.833. The molecule has 1 aliphatic rings. The zero-order valence-electron chi connectivity index (χ0n) is 11.6. The molecule has 1 aliphatic heterocycles. The zero-order chi connectivity index (χ0) is 14.2. The molecule has 5 unspecified atom stereocenters. The molecule has 1 fully saturated rings. The maximum Gasteiger partial charge on any atom is 0.308 e. The molecule has 0 bridgehead atoms. The van der Waals surface area contributed by atoms with E-state index in [4.69, 9.17) is 9.84 Å². The molecule has 0 saturated carbocycles. The van der Waals surface area contributed by atoms with Crippen LogP contribution >= 0.6 is 0 Å². The summed E-state index contributed by atoms with van der Waals surface area (Å²) in [6, 6.07) is 0. The van der Waals surface area contributed by atoms with Crippen LogP contribution in [0.15, 0.2) is 0 Å². The second-order valence-electron chi connectivity index (χ2n) is 5.39. The predicted molar refractivity (Wildman–Crippen MR) is 66.5 cm³/mol. The molecule has 2 rings (SSSR count). The summed E-state index contributed by atoms with van der Waals surface area (Å²) in [5.41, 5.74) is 0.